The molecule has 2 aromatic heterocycles. The fourth-order valence-corrected chi connectivity index (χ4v) is 3.88. The zero-order valence-electron chi connectivity index (χ0n) is 14.3. The first kappa shape index (κ1) is 15.8. The highest BCUT2D eigenvalue weighted by atomic mass is 32.1. The number of hydrogen-bond acceptors (Lipinski definition) is 4. The van der Waals surface area contributed by atoms with Gasteiger partial charge in [0.25, 0.3) is 0 Å². The molecule has 0 aliphatic heterocycles. The Morgan fingerprint density at radius 2 is 1.88 bits per heavy atom. The molecule has 0 spiro atoms. The molecule has 0 bridgehead atoms. The molecular formula is C21H19N3S. The molecule has 1 N–H and O–H groups in total. The summed E-state index contributed by atoms with van der Waals surface area (Å²) in [5, 5.41) is 6.71. The van der Waals surface area contributed by atoms with E-state index in [1.165, 1.54) is 22.3 Å². The van der Waals surface area contributed by atoms with Gasteiger partial charge in [-0.2, -0.15) is 0 Å². The molecule has 0 saturated carbocycles. The van der Waals surface area contributed by atoms with Gasteiger partial charge >= 0.3 is 0 Å². The molecule has 0 unspecified atom stereocenters. The van der Waals surface area contributed by atoms with Gasteiger partial charge in [-0.25, -0.2) is 9.97 Å². The summed E-state index contributed by atoms with van der Waals surface area (Å²) >= 11 is 1.66. The molecule has 4 heteroatoms. The molecular weight excluding hydrogens is 326 g/mol. The second kappa shape index (κ2) is 6.65. The number of thiophene rings is 1. The van der Waals surface area contributed by atoms with Crippen molar-refractivity contribution >= 4 is 33.1 Å². The predicted molar refractivity (Wildman–Crippen MR) is 107 cm³/mol. The van der Waals surface area contributed by atoms with Crippen molar-refractivity contribution < 1.29 is 0 Å². The van der Waals surface area contributed by atoms with Crippen LogP contribution >= 0.6 is 11.3 Å². The SMILES string of the molecule is CCc1ccc(-c2csc3ncnc(Nc4cccc(C)c4)c23)cc1. The summed E-state index contributed by atoms with van der Waals surface area (Å²) in [5.41, 5.74) is 5.98. The molecule has 124 valence electrons. The van der Waals surface area contributed by atoms with Gasteiger partial charge in [-0.05, 0) is 42.2 Å². The quantitative estimate of drug-likeness (QED) is 0.495. The van der Waals surface area contributed by atoms with Gasteiger partial charge in [0.1, 0.15) is 17.0 Å². The van der Waals surface area contributed by atoms with Gasteiger partial charge in [0.2, 0.25) is 0 Å². The van der Waals surface area contributed by atoms with Gasteiger partial charge in [0.15, 0.2) is 0 Å². The van der Waals surface area contributed by atoms with Crippen LogP contribution in [0.2, 0.25) is 0 Å². The van der Waals surface area contributed by atoms with Gasteiger partial charge in [-0.1, -0.05) is 43.3 Å². The topological polar surface area (TPSA) is 37.8 Å². The molecule has 0 aliphatic carbocycles. The number of hydrogen-bond donors (Lipinski definition) is 1. The minimum absolute atomic E-state index is 0.853. The van der Waals surface area contributed by atoms with Crippen molar-refractivity contribution in [2.75, 3.05) is 5.32 Å². The smallest absolute Gasteiger partial charge is 0.143 e. The van der Waals surface area contributed by atoms with Crippen molar-refractivity contribution in [3.05, 3.63) is 71.4 Å². The Labute approximate surface area is 151 Å². The zero-order chi connectivity index (χ0) is 17.2. The van der Waals surface area contributed by atoms with E-state index in [-0.39, 0.29) is 0 Å². The number of aryl methyl sites for hydroxylation is 2. The summed E-state index contributed by atoms with van der Waals surface area (Å²) in [4.78, 5) is 9.96. The van der Waals surface area contributed by atoms with Crippen molar-refractivity contribution in [2.24, 2.45) is 0 Å². The van der Waals surface area contributed by atoms with E-state index in [1.807, 2.05) is 6.07 Å². The van der Waals surface area contributed by atoms with E-state index >= 15 is 0 Å². The number of rotatable bonds is 4. The van der Waals surface area contributed by atoms with Crippen LogP contribution in [0.5, 0.6) is 0 Å². The lowest BCUT2D eigenvalue weighted by molar-refractivity contribution is 1.14. The van der Waals surface area contributed by atoms with E-state index in [0.717, 1.165) is 28.1 Å². The van der Waals surface area contributed by atoms with Crippen LogP contribution in [0.3, 0.4) is 0 Å². The molecule has 0 aliphatic rings. The maximum Gasteiger partial charge on any atom is 0.143 e. The molecule has 2 aromatic carbocycles. The van der Waals surface area contributed by atoms with E-state index < -0.39 is 0 Å². The van der Waals surface area contributed by atoms with Crippen LogP contribution in [0.1, 0.15) is 18.1 Å². The van der Waals surface area contributed by atoms with Gasteiger partial charge in [0.05, 0.1) is 5.39 Å². The second-order valence-electron chi connectivity index (χ2n) is 6.10. The lowest BCUT2D eigenvalue weighted by Crippen LogP contribution is -1.95. The fourth-order valence-electron chi connectivity index (χ4n) is 2.96. The van der Waals surface area contributed by atoms with E-state index in [0.29, 0.717) is 0 Å². The highest BCUT2D eigenvalue weighted by Gasteiger charge is 2.13. The summed E-state index contributed by atoms with van der Waals surface area (Å²) in [6.07, 6.45) is 2.68. The molecule has 0 saturated heterocycles. The van der Waals surface area contributed by atoms with E-state index in [4.69, 9.17) is 0 Å². The Kier molecular flexibility index (Phi) is 4.20. The first-order valence-electron chi connectivity index (χ1n) is 8.40. The van der Waals surface area contributed by atoms with Crippen LogP contribution in [-0.2, 0) is 6.42 Å². The number of anilines is 2. The van der Waals surface area contributed by atoms with Crippen LogP contribution in [0, 0.1) is 6.92 Å². The van der Waals surface area contributed by atoms with Crippen LogP contribution in [0.15, 0.2) is 60.2 Å². The number of aromatic nitrogens is 2. The third-order valence-electron chi connectivity index (χ3n) is 4.32. The average molecular weight is 345 g/mol. The number of nitrogens with one attached hydrogen (secondary N) is 1. The first-order valence-corrected chi connectivity index (χ1v) is 9.28. The lowest BCUT2D eigenvalue weighted by Gasteiger charge is -2.09. The van der Waals surface area contributed by atoms with Gasteiger partial charge in [-0.15, -0.1) is 11.3 Å². The number of fused-ring (bicyclic) bond motifs is 1. The maximum absolute atomic E-state index is 4.51. The summed E-state index contributed by atoms with van der Waals surface area (Å²) < 4.78 is 0. The molecule has 3 nitrogen and oxygen atoms in total. The van der Waals surface area contributed by atoms with Crippen molar-refractivity contribution in [2.45, 2.75) is 20.3 Å². The van der Waals surface area contributed by atoms with Crippen molar-refractivity contribution in [3.63, 3.8) is 0 Å². The third-order valence-corrected chi connectivity index (χ3v) is 5.21. The van der Waals surface area contributed by atoms with E-state index in [9.17, 15) is 0 Å². The predicted octanol–water partition coefficient (Wildman–Crippen LogP) is 5.97. The summed E-state index contributed by atoms with van der Waals surface area (Å²) in [7, 11) is 0. The molecule has 2 heterocycles. The minimum Gasteiger partial charge on any atom is -0.340 e. The summed E-state index contributed by atoms with van der Waals surface area (Å²) in [6.45, 7) is 4.26. The summed E-state index contributed by atoms with van der Waals surface area (Å²) in [6, 6.07) is 17.1. The summed E-state index contributed by atoms with van der Waals surface area (Å²) in [5.74, 6) is 0.853. The van der Waals surface area contributed by atoms with E-state index in [2.05, 4.69) is 77.0 Å². The highest BCUT2D eigenvalue weighted by molar-refractivity contribution is 7.17. The van der Waals surface area contributed by atoms with E-state index in [1.54, 1.807) is 17.7 Å². The largest absolute Gasteiger partial charge is 0.340 e. The minimum atomic E-state index is 0.853. The normalized spacial score (nSPS) is 11.0. The first-order chi connectivity index (χ1) is 12.2. The van der Waals surface area contributed by atoms with Crippen molar-refractivity contribution in [1.82, 2.24) is 9.97 Å². The van der Waals surface area contributed by atoms with Crippen LogP contribution in [0.4, 0.5) is 11.5 Å². The maximum atomic E-state index is 4.51. The molecule has 0 radical (unpaired) electrons. The standard InChI is InChI=1S/C21H19N3S/c1-3-15-7-9-16(10-8-15)18-12-25-21-19(18)20(22-13-23-21)24-17-6-4-5-14(2)11-17/h4-13H,3H2,1-2H3,(H,22,23,24). The monoisotopic (exact) mass is 345 g/mol. The molecule has 0 fully saturated rings. The zero-order valence-corrected chi connectivity index (χ0v) is 15.1. The average Bonchev–Trinajstić information content (AvgIpc) is 3.07. The number of nitrogens with zero attached hydrogens (tertiary/aromatic N) is 2. The Bertz CT molecular complexity index is 1020. The van der Waals surface area contributed by atoms with Gasteiger partial charge in [0, 0.05) is 16.6 Å². The van der Waals surface area contributed by atoms with Crippen molar-refractivity contribution in [1.29, 1.82) is 0 Å². The molecule has 0 atom stereocenters. The Hall–Kier alpha value is -2.72. The Morgan fingerprint density at radius 3 is 2.64 bits per heavy atom. The van der Waals surface area contributed by atoms with Crippen LogP contribution in [0.25, 0.3) is 21.3 Å². The molecule has 25 heavy (non-hydrogen) atoms. The highest BCUT2D eigenvalue weighted by Crippen LogP contribution is 2.37. The second-order valence-corrected chi connectivity index (χ2v) is 6.95. The van der Waals surface area contributed by atoms with Gasteiger partial charge < -0.3 is 5.32 Å². The Morgan fingerprint density at radius 1 is 1.04 bits per heavy atom. The molecule has 0 amide bonds. The number of benzene rings is 2. The fraction of sp³-hybridized carbons (Fsp3) is 0.143. The molecule has 4 rings (SSSR count). The van der Waals surface area contributed by atoms with Crippen molar-refractivity contribution in [3.8, 4) is 11.1 Å². The van der Waals surface area contributed by atoms with Crippen LogP contribution < -0.4 is 5.32 Å². The molecule has 4 aromatic rings. The third kappa shape index (κ3) is 3.13. The Balaban J connectivity index is 1.81. The van der Waals surface area contributed by atoms with Gasteiger partial charge in [-0.3, -0.25) is 0 Å². The van der Waals surface area contributed by atoms with Crippen LogP contribution in [-0.4, -0.2) is 9.97 Å². The lowest BCUT2D eigenvalue weighted by atomic mass is 10.0.